The zero-order valence-corrected chi connectivity index (χ0v) is 10.4. The molecule has 0 saturated heterocycles. The van der Waals surface area contributed by atoms with Gasteiger partial charge in [-0.05, 0) is 38.1 Å². The Hall–Kier alpha value is -0.930. The molecule has 1 unspecified atom stereocenters. The molecule has 3 nitrogen and oxygen atoms in total. The molecular formula is C13H23N3. The molecule has 90 valence electrons. The molecule has 1 atom stereocenters. The molecule has 0 fully saturated rings. The van der Waals surface area contributed by atoms with Crippen LogP contribution < -0.4 is 5.73 Å². The van der Waals surface area contributed by atoms with E-state index in [9.17, 15) is 0 Å². The van der Waals surface area contributed by atoms with Gasteiger partial charge >= 0.3 is 0 Å². The average Bonchev–Trinajstić information content (AvgIpc) is 2.35. The zero-order chi connectivity index (χ0) is 11.8. The summed E-state index contributed by atoms with van der Waals surface area (Å²) in [6.07, 6.45) is 4.07. The SMILES string of the molecule is CCC(CCN)N(CC)Cc1ccccn1. The van der Waals surface area contributed by atoms with Crippen LogP contribution in [0.2, 0.25) is 0 Å². The van der Waals surface area contributed by atoms with E-state index in [-0.39, 0.29) is 0 Å². The topological polar surface area (TPSA) is 42.1 Å². The van der Waals surface area contributed by atoms with E-state index in [1.807, 2.05) is 18.3 Å². The fraction of sp³-hybridized carbons (Fsp3) is 0.615. The Bertz CT molecular complexity index is 274. The highest BCUT2D eigenvalue weighted by Crippen LogP contribution is 2.11. The van der Waals surface area contributed by atoms with Crippen molar-refractivity contribution in [3.8, 4) is 0 Å². The van der Waals surface area contributed by atoms with Crippen molar-refractivity contribution in [2.45, 2.75) is 39.3 Å². The zero-order valence-electron chi connectivity index (χ0n) is 10.4. The standard InChI is InChI=1S/C13H23N3/c1-3-13(8-9-14)16(4-2)11-12-7-5-6-10-15-12/h5-7,10,13H,3-4,8-9,11,14H2,1-2H3. The minimum absolute atomic E-state index is 0.581. The van der Waals surface area contributed by atoms with Crippen molar-refractivity contribution in [1.82, 2.24) is 9.88 Å². The number of rotatable bonds is 7. The van der Waals surface area contributed by atoms with Gasteiger partial charge < -0.3 is 5.73 Å². The predicted molar refractivity (Wildman–Crippen MR) is 68.1 cm³/mol. The Morgan fingerprint density at radius 1 is 1.38 bits per heavy atom. The van der Waals surface area contributed by atoms with Crippen LogP contribution in [0.3, 0.4) is 0 Å². The smallest absolute Gasteiger partial charge is 0.0544 e. The van der Waals surface area contributed by atoms with Gasteiger partial charge in [-0.15, -0.1) is 0 Å². The second-order valence-electron chi connectivity index (χ2n) is 4.02. The Morgan fingerprint density at radius 3 is 2.69 bits per heavy atom. The molecule has 0 saturated carbocycles. The van der Waals surface area contributed by atoms with Crippen molar-refractivity contribution >= 4 is 0 Å². The first kappa shape index (κ1) is 13.1. The van der Waals surface area contributed by atoms with E-state index in [2.05, 4.69) is 29.8 Å². The molecule has 0 aliphatic heterocycles. The summed E-state index contributed by atoms with van der Waals surface area (Å²) in [4.78, 5) is 6.82. The highest BCUT2D eigenvalue weighted by molar-refractivity contribution is 5.03. The van der Waals surface area contributed by atoms with E-state index in [4.69, 9.17) is 5.73 Å². The summed E-state index contributed by atoms with van der Waals surface area (Å²) in [5.41, 5.74) is 6.79. The van der Waals surface area contributed by atoms with Crippen LogP contribution in [0.4, 0.5) is 0 Å². The van der Waals surface area contributed by atoms with Crippen molar-refractivity contribution in [1.29, 1.82) is 0 Å². The van der Waals surface area contributed by atoms with Gasteiger partial charge in [0.25, 0.3) is 0 Å². The molecule has 0 bridgehead atoms. The van der Waals surface area contributed by atoms with Gasteiger partial charge in [-0.3, -0.25) is 9.88 Å². The van der Waals surface area contributed by atoms with E-state index in [0.717, 1.165) is 38.2 Å². The van der Waals surface area contributed by atoms with E-state index >= 15 is 0 Å². The third-order valence-corrected chi connectivity index (χ3v) is 2.98. The summed E-state index contributed by atoms with van der Waals surface area (Å²) in [5.74, 6) is 0. The fourth-order valence-corrected chi connectivity index (χ4v) is 2.04. The van der Waals surface area contributed by atoms with Gasteiger partial charge in [-0.2, -0.15) is 0 Å². The second-order valence-corrected chi connectivity index (χ2v) is 4.02. The Morgan fingerprint density at radius 2 is 2.19 bits per heavy atom. The second kappa shape index (κ2) is 7.36. The molecule has 2 N–H and O–H groups in total. The Balaban J connectivity index is 2.60. The van der Waals surface area contributed by atoms with Crippen LogP contribution in [0, 0.1) is 0 Å². The predicted octanol–water partition coefficient (Wildman–Crippen LogP) is 2.03. The van der Waals surface area contributed by atoms with Crippen LogP contribution in [0.5, 0.6) is 0 Å². The molecule has 0 aliphatic carbocycles. The maximum absolute atomic E-state index is 5.65. The van der Waals surface area contributed by atoms with Crippen LogP contribution >= 0.6 is 0 Å². The van der Waals surface area contributed by atoms with Crippen LogP contribution in [-0.4, -0.2) is 29.0 Å². The van der Waals surface area contributed by atoms with Gasteiger partial charge in [0.1, 0.15) is 0 Å². The van der Waals surface area contributed by atoms with Crippen molar-refractivity contribution in [2.24, 2.45) is 5.73 Å². The number of nitrogens with zero attached hydrogens (tertiary/aromatic N) is 2. The van der Waals surface area contributed by atoms with Crippen LogP contribution in [-0.2, 0) is 6.54 Å². The molecule has 1 aromatic rings. The molecule has 0 spiro atoms. The average molecular weight is 221 g/mol. The third kappa shape index (κ3) is 3.91. The molecule has 0 amide bonds. The number of nitrogens with two attached hydrogens (primary N) is 1. The molecule has 1 rings (SSSR count). The summed E-state index contributed by atoms with van der Waals surface area (Å²) in [6, 6.07) is 6.66. The first-order valence-corrected chi connectivity index (χ1v) is 6.15. The van der Waals surface area contributed by atoms with E-state index in [1.165, 1.54) is 0 Å². The minimum Gasteiger partial charge on any atom is -0.330 e. The molecule has 3 heteroatoms. The highest BCUT2D eigenvalue weighted by atomic mass is 15.2. The van der Waals surface area contributed by atoms with Gasteiger partial charge in [-0.25, -0.2) is 0 Å². The molecular weight excluding hydrogens is 198 g/mol. The lowest BCUT2D eigenvalue weighted by Gasteiger charge is -2.29. The maximum atomic E-state index is 5.65. The molecule has 16 heavy (non-hydrogen) atoms. The van der Waals surface area contributed by atoms with Crippen molar-refractivity contribution in [3.05, 3.63) is 30.1 Å². The first-order valence-electron chi connectivity index (χ1n) is 6.15. The summed E-state index contributed by atoms with van der Waals surface area (Å²) in [5, 5.41) is 0. The largest absolute Gasteiger partial charge is 0.330 e. The molecule has 1 aromatic heterocycles. The summed E-state index contributed by atoms with van der Waals surface area (Å²) in [6.45, 7) is 7.16. The van der Waals surface area contributed by atoms with E-state index in [1.54, 1.807) is 0 Å². The highest BCUT2D eigenvalue weighted by Gasteiger charge is 2.14. The summed E-state index contributed by atoms with van der Waals surface area (Å²) in [7, 11) is 0. The quantitative estimate of drug-likeness (QED) is 0.766. The number of aromatic nitrogens is 1. The lowest BCUT2D eigenvalue weighted by atomic mass is 10.1. The van der Waals surface area contributed by atoms with Gasteiger partial charge in [-0.1, -0.05) is 19.9 Å². The monoisotopic (exact) mass is 221 g/mol. The van der Waals surface area contributed by atoms with Crippen LogP contribution in [0.25, 0.3) is 0 Å². The van der Waals surface area contributed by atoms with Gasteiger partial charge in [0.15, 0.2) is 0 Å². The maximum Gasteiger partial charge on any atom is 0.0544 e. The van der Waals surface area contributed by atoms with Crippen molar-refractivity contribution in [3.63, 3.8) is 0 Å². The summed E-state index contributed by atoms with van der Waals surface area (Å²) >= 11 is 0. The Labute approximate surface area is 98.7 Å². The number of pyridine rings is 1. The molecule has 1 heterocycles. The molecule has 0 aliphatic rings. The van der Waals surface area contributed by atoms with Crippen molar-refractivity contribution in [2.75, 3.05) is 13.1 Å². The number of hydrogen-bond donors (Lipinski definition) is 1. The van der Waals surface area contributed by atoms with Crippen LogP contribution in [0.1, 0.15) is 32.4 Å². The molecule has 0 radical (unpaired) electrons. The van der Waals surface area contributed by atoms with Gasteiger partial charge in [0.05, 0.1) is 5.69 Å². The lowest BCUT2D eigenvalue weighted by molar-refractivity contribution is 0.182. The Kier molecular flexibility index (Phi) is 6.04. The van der Waals surface area contributed by atoms with Crippen molar-refractivity contribution < 1.29 is 0 Å². The lowest BCUT2D eigenvalue weighted by Crippen LogP contribution is -2.36. The number of hydrogen-bond acceptors (Lipinski definition) is 3. The van der Waals surface area contributed by atoms with E-state index < -0.39 is 0 Å². The van der Waals surface area contributed by atoms with Crippen LogP contribution in [0.15, 0.2) is 24.4 Å². The third-order valence-electron chi connectivity index (χ3n) is 2.98. The molecule has 0 aromatic carbocycles. The first-order chi connectivity index (χ1) is 7.81. The minimum atomic E-state index is 0.581. The summed E-state index contributed by atoms with van der Waals surface area (Å²) < 4.78 is 0. The van der Waals surface area contributed by atoms with Gasteiger partial charge in [0, 0.05) is 18.8 Å². The fourth-order valence-electron chi connectivity index (χ4n) is 2.04. The van der Waals surface area contributed by atoms with Gasteiger partial charge in [0.2, 0.25) is 0 Å². The normalized spacial score (nSPS) is 13.0. The van der Waals surface area contributed by atoms with E-state index in [0.29, 0.717) is 6.04 Å².